The van der Waals surface area contributed by atoms with Crippen molar-refractivity contribution in [2.24, 2.45) is 5.73 Å². The predicted octanol–water partition coefficient (Wildman–Crippen LogP) is 4.36. The summed E-state index contributed by atoms with van der Waals surface area (Å²) >= 11 is 0. The lowest BCUT2D eigenvalue weighted by atomic mass is 10.0. The number of primary amides is 1. The number of hydrogen-bond acceptors (Lipinski definition) is 7. The van der Waals surface area contributed by atoms with Gasteiger partial charge in [-0.25, -0.2) is 9.37 Å². The Labute approximate surface area is 215 Å². The summed E-state index contributed by atoms with van der Waals surface area (Å²) in [4.78, 5) is 28.5. The van der Waals surface area contributed by atoms with Crippen LogP contribution in [0.25, 0.3) is 11.1 Å². The Morgan fingerprint density at radius 1 is 1.14 bits per heavy atom. The Balaban J connectivity index is 0.00000102. The fourth-order valence-electron chi connectivity index (χ4n) is 4.71. The van der Waals surface area contributed by atoms with Gasteiger partial charge in [0.25, 0.3) is 0 Å². The van der Waals surface area contributed by atoms with Crippen molar-refractivity contribution in [3.8, 4) is 16.9 Å². The molecule has 1 saturated heterocycles. The predicted molar refractivity (Wildman–Crippen MR) is 141 cm³/mol. The van der Waals surface area contributed by atoms with Crippen LogP contribution in [0.3, 0.4) is 0 Å². The molecule has 9 heteroatoms. The van der Waals surface area contributed by atoms with E-state index in [-0.39, 0.29) is 24.3 Å². The second-order valence-electron chi connectivity index (χ2n) is 8.95. The third-order valence-electron chi connectivity index (χ3n) is 6.39. The third-order valence-corrected chi connectivity index (χ3v) is 6.39. The van der Waals surface area contributed by atoms with Gasteiger partial charge in [0.1, 0.15) is 24.3 Å². The normalized spacial score (nSPS) is 15.1. The Kier molecular flexibility index (Phi) is 8.22. The average Bonchev–Trinajstić information content (AvgIpc) is 2.89. The number of carbonyl (C=O) groups excluding carboxylic acids is 2. The SMILES string of the molecule is CC(=O)OC1CCN(c2ccc(-c3cccc4c3OCCN4c3ccc(C)cn3)cc2F)CC1.NC=O. The van der Waals surface area contributed by atoms with Gasteiger partial charge in [-0.2, -0.15) is 0 Å². The van der Waals surface area contributed by atoms with Crippen molar-refractivity contribution < 1.29 is 23.5 Å². The lowest BCUT2D eigenvalue weighted by Gasteiger charge is -2.33. The molecule has 8 nitrogen and oxygen atoms in total. The zero-order valence-electron chi connectivity index (χ0n) is 21.0. The van der Waals surface area contributed by atoms with Gasteiger partial charge in [-0.3, -0.25) is 9.59 Å². The number of ether oxygens (including phenoxy) is 2. The Morgan fingerprint density at radius 2 is 1.89 bits per heavy atom. The van der Waals surface area contributed by atoms with Gasteiger partial charge in [-0.15, -0.1) is 0 Å². The van der Waals surface area contributed by atoms with Crippen LogP contribution in [0.4, 0.5) is 21.6 Å². The van der Waals surface area contributed by atoms with Gasteiger partial charge >= 0.3 is 5.97 Å². The minimum Gasteiger partial charge on any atom is -0.489 e. The van der Waals surface area contributed by atoms with Gasteiger partial charge < -0.3 is 25.0 Å². The van der Waals surface area contributed by atoms with E-state index < -0.39 is 0 Å². The number of rotatable bonds is 4. The summed E-state index contributed by atoms with van der Waals surface area (Å²) in [6.07, 6.45) is 3.42. The van der Waals surface area contributed by atoms with Crippen LogP contribution in [0, 0.1) is 12.7 Å². The van der Waals surface area contributed by atoms with Gasteiger partial charge in [0, 0.05) is 44.6 Å². The summed E-state index contributed by atoms with van der Waals surface area (Å²) in [7, 11) is 0. The highest BCUT2D eigenvalue weighted by atomic mass is 19.1. The molecule has 0 bridgehead atoms. The number of amides is 1. The molecule has 37 heavy (non-hydrogen) atoms. The van der Waals surface area contributed by atoms with E-state index in [0.29, 0.717) is 44.8 Å². The number of aromatic nitrogens is 1. The first kappa shape index (κ1) is 25.9. The van der Waals surface area contributed by atoms with Crippen molar-refractivity contribution in [1.82, 2.24) is 4.98 Å². The summed E-state index contributed by atoms with van der Waals surface area (Å²) in [5, 5.41) is 0. The number of para-hydroxylation sites is 1. The number of piperidine rings is 1. The molecule has 2 aliphatic heterocycles. The molecule has 3 heterocycles. The number of pyridine rings is 1. The number of nitrogens with zero attached hydrogens (tertiary/aromatic N) is 3. The minimum atomic E-state index is -0.270. The van der Waals surface area contributed by atoms with E-state index in [9.17, 15) is 4.79 Å². The molecule has 0 atom stereocenters. The molecule has 2 aliphatic rings. The van der Waals surface area contributed by atoms with Gasteiger partial charge in [0.2, 0.25) is 6.41 Å². The quantitative estimate of drug-likeness (QED) is 0.415. The van der Waals surface area contributed by atoms with E-state index in [1.807, 2.05) is 60.5 Å². The van der Waals surface area contributed by atoms with Crippen molar-refractivity contribution in [2.45, 2.75) is 32.8 Å². The number of nitrogens with two attached hydrogens (primary N) is 1. The largest absolute Gasteiger partial charge is 0.489 e. The van der Waals surface area contributed by atoms with E-state index >= 15 is 4.39 Å². The second kappa shape index (κ2) is 11.7. The number of benzene rings is 2. The molecule has 0 aliphatic carbocycles. The summed E-state index contributed by atoms with van der Waals surface area (Å²) in [5.74, 6) is 1.07. The topological polar surface area (TPSA) is 98.0 Å². The van der Waals surface area contributed by atoms with Crippen molar-refractivity contribution in [1.29, 1.82) is 0 Å². The summed E-state index contributed by atoms with van der Waals surface area (Å²) in [5.41, 5.74) is 8.40. The monoisotopic (exact) mass is 506 g/mol. The van der Waals surface area contributed by atoms with Crippen molar-refractivity contribution in [3.63, 3.8) is 0 Å². The highest BCUT2D eigenvalue weighted by Gasteiger charge is 2.26. The number of esters is 1. The fourth-order valence-corrected chi connectivity index (χ4v) is 4.71. The van der Waals surface area contributed by atoms with E-state index in [1.54, 1.807) is 6.07 Å². The summed E-state index contributed by atoms with van der Waals surface area (Å²) in [6.45, 7) is 5.96. The highest BCUT2D eigenvalue weighted by Crippen LogP contribution is 2.43. The maximum atomic E-state index is 15.3. The number of aryl methyl sites for hydroxylation is 1. The van der Waals surface area contributed by atoms with Gasteiger partial charge in [0.15, 0.2) is 5.75 Å². The average molecular weight is 507 g/mol. The fraction of sp³-hybridized carbons (Fsp3) is 0.321. The van der Waals surface area contributed by atoms with E-state index in [4.69, 9.17) is 14.3 Å². The number of carbonyl (C=O) groups is 2. The molecule has 194 valence electrons. The maximum absolute atomic E-state index is 15.3. The number of halogens is 1. The van der Waals surface area contributed by atoms with Crippen LogP contribution in [0.2, 0.25) is 0 Å². The number of fused-ring (bicyclic) bond motifs is 1. The lowest BCUT2D eigenvalue weighted by molar-refractivity contribution is -0.147. The standard InChI is InChI=1S/C27H28FN3O3.CH3NO/c1-18-6-9-26(29-17-18)31-14-15-33-27-22(4-3-5-25(27)31)20-7-8-24(23(28)16-20)30-12-10-21(11-13-30)34-19(2)32;2-1-3/h3-9,16-17,21H,10-15H2,1-2H3;1H,(H2,2,3). The molecular formula is C28H31FN4O4. The molecule has 1 fully saturated rings. The molecule has 0 saturated carbocycles. The molecule has 0 radical (unpaired) electrons. The number of anilines is 3. The van der Waals surface area contributed by atoms with Crippen LogP contribution in [-0.4, -0.2) is 49.7 Å². The molecule has 1 amide bonds. The lowest BCUT2D eigenvalue weighted by Crippen LogP contribution is -2.38. The van der Waals surface area contributed by atoms with Crippen molar-refractivity contribution in [3.05, 3.63) is 66.1 Å². The summed E-state index contributed by atoms with van der Waals surface area (Å²) in [6, 6.07) is 15.4. The molecule has 0 unspecified atom stereocenters. The van der Waals surface area contributed by atoms with Crippen molar-refractivity contribution >= 4 is 29.6 Å². The van der Waals surface area contributed by atoms with Crippen LogP contribution in [-0.2, 0) is 14.3 Å². The Morgan fingerprint density at radius 3 is 2.54 bits per heavy atom. The third kappa shape index (κ3) is 5.99. The highest BCUT2D eigenvalue weighted by molar-refractivity contribution is 5.82. The van der Waals surface area contributed by atoms with Gasteiger partial charge in [-0.1, -0.05) is 24.3 Å². The first-order valence-electron chi connectivity index (χ1n) is 12.2. The molecule has 5 rings (SSSR count). The van der Waals surface area contributed by atoms with Gasteiger partial charge in [0.05, 0.1) is 17.9 Å². The first-order valence-corrected chi connectivity index (χ1v) is 12.2. The second-order valence-corrected chi connectivity index (χ2v) is 8.95. The molecule has 2 aromatic carbocycles. The summed E-state index contributed by atoms with van der Waals surface area (Å²) < 4.78 is 26.6. The van der Waals surface area contributed by atoms with Gasteiger partial charge in [-0.05, 0) is 42.3 Å². The van der Waals surface area contributed by atoms with Crippen LogP contribution in [0.5, 0.6) is 5.75 Å². The van der Waals surface area contributed by atoms with Crippen LogP contribution >= 0.6 is 0 Å². The van der Waals surface area contributed by atoms with Crippen LogP contribution < -0.4 is 20.3 Å². The van der Waals surface area contributed by atoms with Crippen molar-refractivity contribution in [2.75, 3.05) is 36.0 Å². The molecule has 3 aromatic rings. The molecular weight excluding hydrogens is 475 g/mol. The molecule has 2 N–H and O–H groups in total. The molecule has 0 spiro atoms. The van der Waals surface area contributed by atoms with E-state index in [2.05, 4.69) is 15.6 Å². The van der Waals surface area contributed by atoms with Crippen LogP contribution in [0.1, 0.15) is 25.3 Å². The first-order chi connectivity index (χ1) is 17.9. The van der Waals surface area contributed by atoms with E-state index in [1.165, 1.54) is 6.92 Å². The Bertz CT molecular complexity index is 1240. The minimum absolute atomic E-state index is 0.0879. The molecule has 1 aromatic heterocycles. The number of hydrogen-bond donors (Lipinski definition) is 1. The zero-order valence-corrected chi connectivity index (χ0v) is 21.0. The smallest absolute Gasteiger partial charge is 0.302 e. The Hall–Kier alpha value is -4.14. The zero-order chi connectivity index (χ0) is 26.4. The van der Waals surface area contributed by atoms with E-state index in [0.717, 1.165) is 33.9 Å². The maximum Gasteiger partial charge on any atom is 0.302 e. The van der Waals surface area contributed by atoms with Crippen LogP contribution in [0.15, 0.2) is 54.7 Å².